The van der Waals surface area contributed by atoms with E-state index in [1.807, 2.05) is 0 Å². The van der Waals surface area contributed by atoms with Crippen molar-refractivity contribution in [1.82, 2.24) is 4.31 Å². The molecule has 0 atom stereocenters. The molecule has 0 spiro atoms. The number of hydrogen-bond donors (Lipinski definition) is 1. The van der Waals surface area contributed by atoms with Crippen molar-refractivity contribution >= 4 is 21.6 Å². The first-order chi connectivity index (χ1) is 13.8. The summed E-state index contributed by atoms with van der Waals surface area (Å²) in [6.07, 6.45) is 0. The quantitative estimate of drug-likeness (QED) is 0.656. The van der Waals surface area contributed by atoms with E-state index in [0.29, 0.717) is 28.7 Å². The third-order valence-electron chi connectivity index (χ3n) is 4.08. The molecule has 0 aliphatic heterocycles. The van der Waals surface area contributed by atoms with E-state index < -0.39 is 15.9 Å². The van der Waals surface area contributed by atoms with Crippen LogP contribution in [0.3, 0.4) is 0 Å². The Hall–Kier alpha value is -2.98. The molecule has 158 valence electrons. The van der Waals surface area contributed by atoms with E-state index in [9.17, 15) is 13.2 Å². The minimum absolute atomic E-state index is 0.0568. The lowest BCUT2D eigenvalue weighted by Gasteiger charge is -2.18. The highest BCUT2D eigenvalue weighted by Gasteiger charge is 2.23. The molecule has 0 aliphatic carbocycles. The summed E-state index contributed by atoms with van der Waals surface area (Å²) in [5.74, 6) is 1.11. The van der Waals surface area contributed by atoms with Gasteiger partial charge in [-0.2, -0.15) is 4.31 Å². The number of nitrogens with one attached hydrogen (secondary N) is 1. The third-order valence-corrected chi connectivity index (χ3v) is 5.90. The van der Waals surface area contributed by atoms with Crippen molar-refractivity contribution in [2.24, 2.45) is 0 Å². The molecule has 1 amide bonds. The molecule has 2 rings (SSSR count). The van der Waals surface area contributed by atoms with Gasteiger partial charge in [-0.15, -0.1) is 0 Å². The molecule has 29 heavy (non-hydrogen) atoms. The Morgan fingerprint density at radius 3 is 1.93 bits per heavy atom. The first-order valence-corrected chi connectivity index (χ1v) is 9.91. The molecule has 0 saturated heterocycles. The highest BCUT2D eigenvalue weighted by atomic mass is 32.2. The van der Waals surface area contributed by atoms with Crippen LogP contribution in [0.2, 0.25) is 0 Å². The molecule has 0 aliphatic rings. The summed E-state index contributed by atoms with van der Waals surface area (Å²) >= 11 is 0. The fourth-order valence-electron chi connectivity index (χ4n) is 2.57. The first-order valence-electron chi connectivity index (χ1n) is 8.47. The van der Waals surface area contributed by atoms with Crippen molar-refractivity contribution in [3.8, 4) is 23.0 Å². The smallest absolute Gasteiger partial charge is 0.243 e. The number of rotatable bonds is 9. The van der Waals surface area contributed by atoms with Gasteiger partial charge in [0.05, 0.1) is 39.9 Å². The van der Waals surface area contributed by atoms with Crippen LogP contribution in [0.15, 0.2) is 41.3 Å². The number of carbonyl (C=O) groups is 1. The molecule has 0 saturated carbocycles. The molecular formula is C19H24N2O7S. The summed E-state index contributed by atoms with van der Waals surface area (Å²) < 4.78 is 47.0. The summed E-state index contributed by atoms with van der Waals surface area (Å²) in [6, 6.07) is 9.02. The van der Waals surface area contributed by atoms with Crippen LogP contribution in [0.4, 0.5) is 5.69 Å². The number of anilines is 1. The molecule has 0 unspecified atom stereocenters. The lowest BCUT2D eigenvalue weighted by Crippen LogP contribution is -2.34. The van der Waals surface area contributed by atoms with E-state index in [4.69, 9.17) is 18.9 Å². The maximum Gasteiger partial charge on any atom is 0.243 e. The first kappa shape index (κ1) is 22.3. The molecule has 0 aromatic heterocycles. The zero-order valence-electron chi connectivity index (χ0n) is 16.9. The number of carbonyl (C=O) groups excluding carboxylic acids is 1. The van der Waals surface area contributed by atoms with Gasteiger partial charge in [0.2, 0.25) is 21.7 Å². The van der Waals surface area contributed by atoms with Crippen molar-refractivity contribution in [3.05, 3.63) is 36.4 Å². The lowest BCUT2D eigenvalue weighted by molar-refractivity contribution is -0.116. The van der Waals surface area contributed by atoms with E-state index in [0.717, 1.165) is 4.31 Å². The Balaban J connectivity index is 2.15. The Kier molecular flexibility index (Phi) is 7.29. The highest BCUT2D eigenvalue weighted by molar-refractivity contribution is 7.89. The van der Waals surface area contributed by atoms with E-state index in [1.54, 1.807) is 12.1 Å². The Bertz CT molecular complexity index is 934. The molecular weight excluding hydrogens is 400 g/mol. The van der Waals surface area contributed by atoms with Gasteiger partial charge in [-0.3, -0.25) is 4.79 Å². The molecule has 0 fully saturated rings. The third kappa shape index (κ3) is 5.09. The summed E-state index contributed by atoms with van der Waals surface area (Å²) in [5, 5.41) is 2.63. The molecule has 0 radical (unpaired) electrons. The van der Waals surface area contributed by atoms with Crippen LogP contribution in [-0.4, -0.2) is 60.7 Å². The number of benzene rings is 2. The molecule has 0 heterocycles. The Labute approximate surface area is 170 Å². The number of nitrogens with zero attached hydrogens (tertiary/aromatic N) is 1. The van der Waals surface area contributed by atoms with Crippen molar-refractivity contribution in [1.29, 1.82) is 0 Å². The van der Waals surface area contributed by atoms with Crippen LogP contribution in [0.1, 0.15) is 0 Å². The van der Waals surface area contributed by atoms with Crippen LogP contribution in [0.5, 0.6) is 23.0 Å². The van der Waals surface area contributed by atoms with Gasteiger partial charge in [0.1, 0.15) is 5.75 Å². The van der Waals surface area contributed by atoms with Crippen LogP contribution < -0.4 is 24.3 Å². The van der Waals surface area contributed by atoms with E-state index in [1.165, 1.54) is 59.8 Å². The van der Waals surface area contributed by atoms with Crippen molar-refractivity contribution in [2.75, 3.05) is 47.3 Å². The number of methoxy groups -OCH3 is 4. The van der Waals surface area contributed by atoms with Crippen molar-refractivity contribution < 1.29 is 32.2 Å². The predicted molar refractivity (Wildman–Crippen MR) is 108 cm³/mol. The lowest BCUT2D eigenvalue weighted by atomic mass is 10.2. The van der Waals surface area contributed by atoms with Gasteiger partial charge in [0, 0.05) is 24.9 Å². The second kappa shape index (κ2) is 9.48. The molecule has 9 nitrogen and oxygen atoms in total. The largest absolute Gasteiger partial charge is 0.497 e. The number of amides is 1. The standard InChI is InChI=1S/C19H24N2O7S/c1-21(29(23,24)15-8-6-14(25-2)7-9-15)12-18(22)20-13-10-16(26-3)19(28-5)17(11-13)27-4/h6-11H,12H2,1-5H3,(H,20,22). The van der Waals surface area contributed by atoms with Gasteiger partial charge in [0.25, 0.3) is 0 Å². The molecule has 10 heteroatoms. The number of likely N-dealkylation sites (N-methyl/N-ethyl adjacent to an activating group) is 1. The van der Waals surface area contributed by atoms with Gasteiger partial charge in [-0.05, 0) is 24.3 Å². The average Bonchev–Trinajstić information content (AvgIpc) is 2.72. The average molecular weight is 424 g/mol. The van der Waals surface area contributed by atoms with Crippen molar-refractivity contribution in [2.45, 2.75) is 4.90 Å². The minimum Gasteiger partial charge on any atom is -0.497 e. The SMILES string of the molecule is COc1ccc(S(=O)(=O)N(C)CC(=O)Nc2cc(OC)c(OC)c(OC)c2)cc1. The normalized spacial score (nSPS) is 11.1. The summed E-state index contributed by atoms with van der Waals surface area (Å²) in [7, 11) is 3.36. The van der Waals surface area contributed by atoms with Crippen LogP contribution in [0.25, 0.3) is 0 Å². The zero-order chi connectivity index (χ0) is 21.6. The molecule has 2 aromatic rings. The van der Waals surface area contributed by atoms with Crippen molar-refractivity contribution in [3.63, 3.8) is 0 Å². The van der Waals surface area contributed by atoms with Gasteiger partial charge < -0.3 is 24.3 Å². The summed E-state index contributed by atoms with van der Waals surface area (Å²) in [5.41, 5.74) is 0.375. The number of hydrogen-bond acceptors (Lipinski definition) is 7. The van der Waals surface area contributed by atoms with Crippen LogP contribution in [0, 0.1) is 0 Å². The fourth-order valence-corrected chi connectivity index (χ4v) is 3.70. The van der Waals surface area contributed by atoms with E-state index in [2.05, 4.69) is 5.32 Å². The topological polar surface area (TPSA) is 103 Å². The zero-order valence-corrected chi connectivity index (χ0v) is 17.7. The highest BCUT2D eigenvalue weighted by Crippen LogP contribution is 2.39. The maximum absolute atomic E-state index is 12.7. The van der Waals surface area contributed by atoms with E-state index in [-0.39, 0.29) is 11.4 Å². The second-order valence-electron chi connectivity index (χ2n) is 5.90. The fraction of sp³-hybridized carbons (Fsp3) is 0.316. The maximum atomic E-state index is 12.7. The minimum atomic E-state index is -3.84. The van der Waals surface area contributed by atoms with Crippen LogP contribution in [-0.2, 0) is 14.8 Å². The van der Waals surface area contributed by atoms with E-state index >= 15 is 0 Å². The summed E-state index contributed by atoms with van der Waals surface area (Å²) in [4.78, 5) is 12.5. The molecule has 0 bridgehead atoms. The van der Waals surface area contributed by atoms with Gasteiger partial charge in [-0.25, -0.2) is 8.42 Å². The van der Waals surface area contributed by atoms with Gasteiger partial charge >= 0.3 is 0 Å². The predicted octanol–water partition coefficient (Wildman–Crippen LogP) is 1.98. The monoisotopic (exact) mass is 424 g/mol. The van der Waals surface area contributed by atoms with Gasteiger partial charge in [-0.1, -0.05) is 0 Å². The van der Waals surface area contributed by atoms with Crippen LogP contribution >= 0.6 is 0 Å². The summed E-state index contributed by atoms with van der Waals surface area (Å²) in [6.45, 7) is -0.384. The van der Waals surface area contributed by atoms with Gasteiger partial charge in [0.15, 0.2) is 11.5 Å². The number of sulfonamides is 1. The Morgan fingerprint density at radius 1 is 0.931 bits per heavy atom. The second-order valence-corrected chi connectivity index (χ2v) is 7.94. The molecule has 2 aromatic carbocycles. The molecule has 1 N–H and O–H groups in total. The number of ether oxygens (including phenoxy) is 4. The Morgan fingerprint density at radius 2 is 1.48 bits per heavy atom.